The molecule has 1 heterocycles. The minimum atomic E-state index is -0.698. The van der Waals surface area contributed by atoms with Crippen LogP contribution in [0.4, 0.5) is 0 Å². The second-order valence-electron chi connectivity index (χ2n) is 7.44. The minimum absolute atomic E-state index is 0.0284. The molecule has 160 valence electrons. The number of nitrogens with two attached hydrogens (primary N) is 1. The molecule has 0 saturated carbocycles. The zero-order valence-corrected chi connectivity index (χ0v) is 18.1. The summed E-state index contributed by atoms with van der Waals surface area (Å²) < 4.78 is 16.4. The van der Waals surface area contributed by atoms with Crippen molar-refractivity contribution in [3.05, 3.63) is 82.3 Å². The molecule has 0 fully saturated rings. The number of rotatable bonds is 6. The average Bonchev–Trinajstić information content (AvgIpc) is 2.78. The van der Waals surface area contributed by atoms with Crippen LogP contribution in [0.5, 0.6) is 5.75 Å². The number of ether oxygens (including phenoxy) is 3. The van der Waals surface area contributed by atoms with E-state index >= 15 is 0 Å². The van der Waals surface area contributed by atoms with Crippen LogP contribution in [0.1, 0.15) is 49.3 Å². The third kappa shape index (κ3) is 4.41. The van der Waals surface area contributed by atoms with Gasteiger partial charge in [0.25, 0.3) is 0 Å². The number of allylic oxidation sites excluding steroid dienone is 1. The van der Waals surface area contributed by atoms with E-state index in [1.165, 1.54) is 0 Å². The topological polar surface area (TPSA) is 94.6 Å². The van der Waals surface area contributed by atoms with Gasteiger partial charge < -0.3 is 19.9 Å². The summed E-state index contributed by atoms with van der Waals surface area (Å²) in [5, 5.41) is 9.83. The van der Waals surface area contributed by atoms with Gasteiger partial charge in [-0.25, -0.2) is 4.79 Å². The predicted molar refractivity (Wildman–Crippen MR) is 118 cm³/mol. The number of hydrogen-bond acceptors (Lipinski definition) is 6. The molecule has 0 radical (unpaired) electrons. The van der Waals surface area contributed by atoms with Gasteiger partial charge in [-0.1, -0.05) is 38.1 Å². The first-order valence-corrected chi connectivity index (χ1v) is 10.1. The third-order valence-corrected chi connectivity index (χ3v) is 5.20. The summed E-state index contributed by atoms with van der Waals surface area (Å²) >= 11 is 0. The first-order chi connectivity index (χ1) is 14.9. The van der Waals surface area contributed by atoms with Crippen LogP contribution in [0.2, 0.25) is 0 Å². The van der Waals surface area contributed by atoms with Crippen LogP contribution in [0, 0.1) is 11.3 Å². The number of carbonyl (C=O) groups excluding carboxylic acids is 1. The second-order valence-corrected chi connectivity index (χ2v) is 7.44. The quantitative estimate of drug-likeness (QED) is 0.689. The van der Waals surface area contributed by atoms with Crippen LogP contribution in [-0.2, 0) is 14.3 Å². The summed E-state index contributed by atoms with van der Waals surface area (Å²) in [5.74, 6) is 0.0204. The smallest absolute Gasteiger partial charge is 0.338 e. The largest absolute Gasteiger partial charge is 0.497 e. The van der Waals surface area contributed by atoms with Gasteiger partial charge in [-0.2, -0.15) is 5.26 Å². The molecule has 6 heteroatoms. The first-order valence-electron chi connectivity index (χ1n) is 10.1. The Morgan fingerprint density at radius 1 is 1.16 bits per heavy atom. The highest BCUT2D eigenvalue weighted by molar-refractivity contribution is 5.99. The Kier molecular flexibility index (Phi) is 6.66. The van der Waals surface area contributed by atoms with Crippen molar-refractivity contribution in [2.45, 2.75) is 32.6 Å². The van der Waals surface area contributed by atoms with Crippen LogP contribution in [0.3, 0.4) is 0 Å². The van der Waals surface area contributed by atoms with Gasteiger partial charge in [-0.15, -0.1) is 0 Å². The van der Waals surface area contributed by atoms with Crippen LogP contribution in [-0.4, -0.2) is 19.7 Å². The zero-order valence-electron chi connectivity index (χ0n) is 18.1. The number of nitriles is 1. The monoisotopic (exact) mass is 418 g/mol. The summed E-state index contributed by atoms with van der Waals surface area (Å²) in [6, 6.07) is 17.0. The Hall–Kier alpha value is -3.72. The van der Waals surface area contributed by atoms with E-state index in [4.69, 9.17) is 19.9 Å². The Labute approximate surface area is 182 Å². The molecular weight excluding hydrogens is 392 g/mol. The molecule has 3 rings (SSSR count). The number of methoxy groups -OCH3 is 1. The van der Waals surface area contributed by atoms with E-state index in [9.17, 15) is 10.1 Å². The average molecular weight is 418 g/mol. The minimum Gasteiger partial charge on any atom is -0.497 e. The summed E-state index contributed by atoms with van der Waals surface area (Å²) in [4.78, 5) is 13.1. The lowest BCUT2D eigenvalue weighted by Gasteiger charge is -2.28. The lowest BCUT2D eigenvalue weighted by molar-refractivity contribution is -0.138. The molecule has 1 atom stereocenters. The lowest BCUT2D eigenvalue weighted by Crippen LogP contribution is -2.25. The molecular formula is C25H26N2O4. The molecule has 1 aliphatic rings. The standard InChI is InChI=1S/C25H26N2O4/c1-5-30-25(28)22-21(17-8-6-16(7-9-17)15(2)3)20(14-26)24(27)31-23(22)18-10-12-19(29-4)13-11-18/h6-13,15,21H,5,27H2,1-4H3. The van der Waals surface area contributed by atoms with E-state index in [-0.39, 0.29) is 29.4 Å². The maximum atomic E-state index is 13.1. The molecule has 1 unspecified atom stereocenters. The molecule has 0 aromatic heterocycles. The van der Waals surface area contributed by atoms with E-state index in [1.807, 2.05) is 24.3 Å². The van der Waals surface area contributed by atoms with Crippen LogP contribution in [0.15, 0.2) is 65.6 Å². The van der Waals surface area contributed by atoms with E-state index < -0.39 is 11.9 Å². The molecule has 31 heavy (non-hydrogen) atoms. The van der Waals surface area contributed by atoms with Gasteiger partial charge in [0.05, 0.1) is 25.2 Å². The maximum Gasteiger partial charge on any atom is 0.338 e. The Morgan fingerprint density at radius 3 is 2.32 bits per heavy atom. The summed E-state index contributed by atoms with van der Waals surface area (Å²) in [6.07, 6.45) is 0. The van der Waals surface area contributed by atoms with Gasteiger partial charge in [0.1, 0.15) is 23.2 Å². The highest BCUT2D eigenvalue weighted by atomic mass is 16.5. The summed E-state index contributed by atoms with van der Waals surface area (Å²) in [5.41, 5.74) is 9.12. The highest BCUT2D eigenvalue weighted by Gasteiger charge is 2.38. The van der Waals surface area contributed by atoms with Gasteiger partial charge in [0.15, 0.2) is 0 Å². The fourth-order valence-corrected chi connectivity index (χ4v) is 3.54. The predicted octanol–water partition coefficient (Wildman–Crippen LogP) is 4.60. The fraction of sp³-hybridized carbons (Fsp3) is 0.280. The van der Waals surface area contributed by atoms with Gasteiger partial charge in [0, 0.05) is 5.56 Å². The Balaban J connectivity index is 2.22. The zero-order chi connectivity index (χ0) is 22.5. The lowest BCUT2D eigenvalue weighted by atomic mass is 9.81. The van der Waals surface area contributed by atoms with Crippen molar-refractivity contribution in [1.29, 1.82) is 5.26 Å². The molecule has 0 amide bonds. The van der Waals surface area contributed by atoms with Crippen molar-refractivity contribution in [1.82, 2.24) is 0 Å². The molecule has 0 aliphatic carbocycles. The number of esters is 1. The Bertz CT molecular complexity index is 1060. The van der Waals surface area contributed by atoms with E-state index in [0.29, 0.717) is 17.2 Å². The van der Waals surface area contributed by atoms with Gasteiger partial charge in [-0.05, 0) is 48.2 Å². The van der Waals surface area contributed by atoms with Crippen LogP contribution >= 0.6 is 0 Å². The van der Waals surface area contributed by atoms with Crippen LogP contribution in [0.25, 0.3) is 5.76 Å². The molecule has 0 spiro atoms. The normalized spacial score (nSPS) is 16.1. The maximum absolute atomic E-state index is 13.1. The fourth-order valence-electron chi connectivity index (χ4n) is 3.54. The molecule has 1 aliphatic heterocycles. The molecule has 2 N–H and O–H groups in total. The number of nitrogens with zero attached hydrogens (tertiary/aromatic N) is 1. The van der Waals surface area contributed by atoms with Gasteiger partial charge in [-0.3, -0.25) is 0 Å². The summed E-state index contributed by atoms with van der Waals surface area (Å²) in [7, 11) is 1.58. The molecule has 6 nitrogen and oxygen atoms in total. The van der Waals surface area contributed by atoms with E-state index in [2.05, 4.69) is 19.9 Å². The Morgan fingerprint density at radius 2 is 1.81 bits per heavy atom. The summed E-state index contributed by atoms with van der Waals surface area (Å²) in [6.45, 7) is 6.14. The van der Waals surface area contributed by atoms with Crippen molar-refractivity contribution in [2.24, 2.45) is 5.73 Å². The van der Waals surface area contributed by atoms with Crippen molar-refractivity contribution >= 4 is 11.7 Å². The van der Waals surface area contributed by atoms with Gasteiger partial charge in [0.2, 0.25) is 5.88 Å². The second kappa shape index (κ2) is 9.40. The molecule has 0 bridgehead atoms. The number of benzene rings is 2. The molecule has 2 aromatic carbocycles. The van der Waals surface area contributed by atoms with Crippen molar-refractivity contribution in [3.63, 3.8) is 0 Å². The van der Waals surface area contributed by atoms with E-state index in [1.54, 1.807) is 38.3 Å². The molecule has 2 aromatic rings. The van der Waals surface area contributed by atoms with Crippen molar-refractivity contribution < 1.29 is 19.0 Å². The van der Waals surface area contributed by atoms with Gasteiger partial charge >= 0.3 is 5.97 Å². The number of hydrogen-bond donors (Lipinski definition) is 1. The highest BCUT2D eigenvalue weighted by Crippen LogP contribution is 2.43. The van der Waals surface area contributed by atoms with Crippen molar-refractivity contribution in [3.8, 4) is 11.8 Å². The molecule has 0 saturated heterocycles. The first kappa shape index (κ1) is 22.0. The van der Waals surface area contributed by atoms with Crippen molar-refractivity contribution in [2.75, 3.05) is 13.7 Å². The van der Waals surface area contributed by atoms with Crippen LogP contribution < -0.4 is 10.5 Å². The SMILES string of the molecule is CCOC(=O)C1=C(c2ccc(OC)cc2)OC(N)=C(C#N)C1c1ccc(C(C)C)cc1. The third-order valence-electron chi connectivity index (χ3n) is 5.20. The number of carbonyl (C=O) groups is 1. The van der Waals surface area contributed by atoms with E-state index in [0.717, 1.165) is 11.1 Å².